The molecule has 1 aliphatic carbocycles. The third-order valence-corrected chi connectivity index (χ3v) is 8.49. The van der Waals surface area contributed by atoms with E-state index in [1.165, 1.54) is 23.6 Å². The average Bonchev–Trinajstić information content (AvgIpc) is 2.66. The molecule has 5 nitrogen and oxygen atoms in total. The number of halogens is 2. The van der Waals surface area contributed by atoms with E-state index in [-0.39, 0.29) is 30.2 Å². The van der Waals surface area contributed by atoms with Gasteiger partial charge in [0.05, 0.1) is 21.7 Å². The number of amides is 1. The zero-order chi connectivity index (χ0) is 20.9. The molecule has 29 heavy (non-hydrogen) atoms. The van der Waals surface area contributed by atoms with Crippen molar-refractivity contribution >= 4 is 39.1 Å². The molecule has 1 atom stereocenters. The first-order valence-electron chi connectivity index (χ1n) is 10.6. The lowest BCUT2D eigenvalue weighted by molar-refractivity contribution is -0.126. The Bertz CT molecular complexity index is 808. The fraction of sp³-hybridized carbons (Fsp3) is 0.667. The second-order valence-electron chi connectivity index (χ2n) is 8.25. The van der Waals surface area contributed by atoms with Crippen molar-refractivity contribution < 1.29 is 13.2 Å². The van der Waals surface area contributed by atoms with Gasteiger partial charge >= 0.3 is 0 Å². The van der Waals surface area contributed by atoms with Gasteiger partial charge in [-0.1, -0.05) is 61.4 Å². The predicted molar refractivity (Wildman–Crippen MR) is 118 cm³/mol. The van der Waals surface area contributed by atoms with Crippen LogP contribution >= 0.6 is 23.2 Å². The molecule has 1 amide bonds. The summed E-state index contributed by atoms with van der Waals surface area (Å²) in [6.45, 7) is 0.707. The Morgan fingerprint density at radius 2 is 1.69 bits per heavy atom. The Kier molecular flexibility index (Phi) is 8.25. The zero-order valence-electron chi connectivity index (χ0n) is 16.7. The van der Waals surface area contributed by atoms with Gasteiger partial charge in [-0.25, -0.2) is 12.7 Å². The molecule has 162 valence electrons. The Morgan fingerprint density at radius 3 is 2.38 bits per heavy atom. The van der Waals surface area contributed by atoms with E-state index >= 15 is 0 Å². The highest BCUT2D eigenvalue weighted by molar-refractivity contribution is 7.88. The lowest BCUT2D eigenvalue weighted by Crippen LogP contribution is -2.47. The summed E-state index contributed by atoms with van der Waals surface area (Å²) in [6.07, 6.45) is 9.54. The van der Waals surface area contributed by atoms with Crippen molar-refractivity contribution in [3.8, 4) is 0 Å². The van der Waals surface area contributed by atoms with Crippen molar-refractivity contribution in [3.63, 3.8) is 0 Å². The van der Waals surface area contributed by atoms with Gasteiger partial charge < -0.3 is 5.32 Å². The number of hydrogen-bond acceptors (Lipinski definition) is 3. The van der Waals surface area contributed by atoms with Gasteiger partial charge in [0.25, 0.3) is 0 Å². The fourth-order valence-electron chi connectivity index (χ4n) is 4.26. The van der Waals surface area contributed by atoms with E-state index in [1.54, 1.807) is 18.2 Å². The van der Waals surface area contributed by atoms with Gasteiger partial charge in [-0.05, 0) is 43.4 Å². The smallest absolute Gasteiger partial charge is 0.224 e. The SMILES string of the molecule is O=C(NC1CCCCCCC1)C1CCCN(S(=O)(=O)Cc2ccc(Cl)c(Cl)c2)C1. The largest absolute Gasteiger partial charge is 0.353 e. The van der Waals surface area contributed by atoms with E-state index in [0.29, 0.717) is 28.6 Å². The molecule has 1 aromatic carbocycles. The molecule has 8 heteroatoms. The van der Waals surface area contributed by atoms with Crippen molar-refractivity contribution in [1.29, 1.82) is 0 Å². The number of nitrogens with one attached hydrogen (secondary N) is 1. The number of sulfonamides is 1. The van der Waals surface area contributed by atoms with Crippen LogP contribution in [0.4, 0.5) is 0 Å². The number of carbonyl (C=O) groups excluding carboxylic acids is 1. The van der Waals surface area contributed by atoms with E-state index in [4.69, 9.17) is 23.2 Å². The number of carbonyl (C=O) groups is 1. The van der Waals surface area contributed by atoms with Crippen LogP contribution in [0.15, 0.2) is 18.2 Å². The normalized spacial score (nSPS) is 22.6. The third-order valence-electron chi connectivity index (χ3n) is 5.93. The molecule has 2 fully saturated rings. The molecule has 2 aliphatic rings. The Morgan fingerprint density at radius 1 is 1.00 bits per heavy atom. The highest BCUT2D eigenvalue weighted by Gasteiger charge is 2.33. The first-order chi connectivity index (χ1) is 13.8. The third kappa shape index (κ3) is 6.58. The van der Waals surface area contributed by atoms with Crippen molar-refractivity contribution in [2.75, 3.05) is 13.1 Å². The molecular weight excluding hydrogens is 431 g/mol. The Hall–Kier alpha value is -0.820. The van der Waals surface area contributed by atoms with Crippen LogP contribution in [-0.4, -0.2) is 37.8 Å². The van der Waals surface area contributed by atoms with E-state index < -0.39 is 10.0 Å². The van der Waals surface area contributed by atoms with Crippen molar-refractivity contribution in [2.24, 2.45) is 5.92 Å². The summed E-state index contributed by atoms with van der Waals surface area (Å²) in [5.74, 6) is -0.413. The summed E-state index contributed by atoms with van der Waals surface area (Å²) in [6, 6.07) is 5.10. The standard InChI is InChI=1S/C21H30Cl2N2O3S/c22-19-11-10-16(13-20(19)23)15-29(27,28)25-12-6-7-17(14-25)21(26)24-18-8-4-2-1-3-5-9-18/h10-11,13,17-18H,1-9,12,14-15H2,(H,24,26). The van der Waals surface area contributed by atoms with Gasteiger partial charge in [0.15, 0.2) is 0 Å². The molecule has 1 heterocycles. The Balaban J connectivity index is 1.59. The number of rotatable bonds is 5. The monoisotopic (exact) mass is 460 g/mol. The van der Waals surface area contributed by atoms with E-state index in [1.807, 2.05) is 0 Å². The van der Waals surface area contributed by atoms with Crippen LogP contribution in [0.3, 0.4) is 0 Å². The zero-order valence-corrected chi connectivity index (χ0v) is 19.0. The molecule has 1 N–H and O–H groups in total. The van der Waals surface area contributed by atoms with Crippen LogP contribution in [0, 0.1) is 5.92 Å². The van der Waals surface area contributed by atoms with E-state index in [9.17, 15) is 13.2 Å². The van der Waals surface area contributed by atoms with Crippen molar-refractivity contribution in [3.05, 3.63) is 33.8 Å². The minimum Gasteiger partial charge on any atom is -0.353 e. The molecule has 0 aromatic heterocycles. The van der Waals surface area contributed by atoms with Gasteiger partial charge in [0.1, 0.15) is 0 Å². The molecule has 1 aliphatic heterocycles. The summed E-state index contributed by atoms with van der Waals surface area (Å²) in [4.78, 5) is 12.8. The van der Waals surface area contributed by atoms with Crippen LogP contribution in [-0.2, 0) is 20.6 Å². The lowest BCUT2D eigenvalue weighted by Gasteiger charge is -2.32. The van der Waals surface area contributed by atoms with Gasteiger partial charge in [-0.15, -0.1) is 0 Å². The summed E-state index contributed by atoms with van der Waals surface area (Å²) in [5.41, 5.74) is 0.598. The van der Waals surface area contributed by atoms with Gasteiger partial charge in [-0.2, -0.15) is 0 Å². The molecular formula is C21H30Cl2N2O3S. The predicted octanol–water partition coefficient (Wildman–Crippen LogP) is 4.76. The minimum absolute atomic E-state index is 0.00464. The van der Waals surface area contributed by atoms with Gasteiger partial charge in [0, 0.05) is 19.1 Å². The first-order valence-corrected chi connectivity index (χ1v) is 12.9. The first kappa shape index (κ1) is 22.9. The maximum absolute atomic E-state index is 12.9. The summed E-state index contributed by atoms with van der Waals surface area (Å²) in [7, 11) is -3.52. The molecule has 1 saturated carbocycles. The van der Waals surface area contributed by atoms with Crippen molar-refractivity contribution in [2.45, 2.75) is 69.6 Å². The quantitative estimate of drug-likeness (QED) is 0.687. The second-order valence-corrected chi connectivity index (χ2v) is 11.0. The highest BCUT2D eigenvalue weighted by atomic mass is 35.5. The number of hydrogen-bond donors (Lipinski definition) is 1. The maximum Gasteiger partial charge on any atom is 0.224 e. The van der Waals surface area contributed by atoms with E-state index in [2.05, 4.69) is 5.32 Å². The molecule has 0 spiro atoms. The topological polar surface area (TPSA) is 66.5 Å². The fourth-order valence-corrected chi connectivity index (χ4v) is 6.18. The highest BCUT2D eigenvalue weighted by Crippen LogP contribution is 2.26. The molecule has 1 aromatic rings. The molecule has 1 saturated heterocycles. The second kappa shape index (κ2) is 10.5. The van der Waals surface area contributed by atoms with Crippen LogP contribution in [0.5, 0.6) is 0 Å². The summed E-state index contributed by atoms with van der Waals surface area (Å²) >= 11 is 11.9. The van der Waals surface area contributed by atoms with Crippen LogP contribution in [0.2, 0.25) is 10.0 Å². The van der Waals surface area contributed by atoms with Gasteiger partial charge in [0.2, 0.25) is 15.9 Å². The minimum atomic E-state index is -3.52. The van der Waals surface area contributed by atoms with Gasteiger partial charge in [-0.3, -0.25) is 4.79 Å². The molecule has 0 radical (unpaired) electrons. The van der Waals surface area contributed by atoms with Crippen molar-refractivity contribution in [1.82, 2.24) is 9.62 Å². The number of benzene rings is 1. The average molecular weight is 461 g/mol. The van der Waals surface area contributed by atoms with Crippen LogP contribution < -0.4 is 5.32 Å². The van der Waals surface area contributed by atoms with Crippen LogP contribution in [0.25, 0.3) is 0 Å². The molecule has 3 rings (SSSR count). The number of piperidine rings is 1. The van der Waals surface area contributed by atoms with Crippen LogP contribution in [0.1, 0.15) is 63.4 Å². The lowest BCUT2D eigenvalue weighted by atomic mass is 9.94. The van der Waals surface area contributed by atoms with E-state index in [0.717, 1.165) is 32.1 Å². The summed E-state index contributed by atoms with van der Waals surface area (Å²) < 4.78 is 27.3. The maximum atomic E-state index is 12.9. The molecule has 1 unspecified atom stereocenters. The molecule has 0 bridgehead atoms. The number of nitrogens with zero attached hydrogens (tertiary/aromatic N) is 1. The Labute approximate surface area is 184 Å². The summed E-state index contributed by atoms with van der Waals surface area (Å²) in [5, 5.41) is 3.94.